The number of aromatic nitrogens is 3. The fourth-order valence-electron chi connectivity index (χ4n) is 6.34. The van der Waals surface area contributed by atoms with Crippen molar-refractivity contribution in [3.05, 3.63) is 63.3 Å². The summed E-state index contributed by atoms with van der Waals surface area (Å²) < 4.78 is 14.4. The van der Waals surface area contributed by atoms with Gasteiger partial charge in [0.1, 0.15) is 17.7 Å². The van der Waals surface area contributed by atoms with Crippen molar-refractivity contribution < 1.29 is 19.2 Å². The Kier molecular flexibility index (Phi) is 7.61. The molecule has 2 aliphatic carbocycles. The predicted octanol–water partition coefficient (Wildman–Crippen LogP) is 6.27. The maximum absolute atomic E-state index is 11.2. The summed E-state index contributed by atoms with van der Waals surface area (Å²) in [7, 11) is 3.03. The summed E-state index contributed by atoms with van der Waals surface area (Å²) in [6, 6.07) is 11.1. The zero-order chi connectivity index (χ0) is 28.0. The molecule has 10 heteroatoms. The maximum Gasteiger partial charge on any atom is 0.206 e. The van der Waals surface area contributed by atoms with Crippen LogP contribution in [0.25, 0.3) is 22.3 Å². The smallest absolute Gasteiger partial charge is 0.206 e. The van der Waals surface area contributed by atoms with Crippen LogP contribution in [0.15, 0.2) is 40.9 Å². The van der Waals surface area contributed by atoms with Gasteiger partial charge in [0.25, 0.3) is 0 Å². The monoisotopic (exact) mass is 582 g/mol. The number of benzene rings is 2. The second kappa shape index (κ2) is 11.2. The van der Waals surface area contributed by atoms with E-state index in [9.17, 15) is 4.79 Å². The molecular weight excluding hydrogens is 551 g/mol. The molecule has 1 unspecified atom stereocenters. The number of hydrogen-bond acceptors (Lipinski definition) is 7. The highest BCUT2D eigenvalue weighted by atomic mass is 35.5. The van der Waals surface area contributed by atoms with Gasteiger partial charge in [0.05, 0.1) is 33.8 Å². The van der Waals surface area contributed by atoms with E-state index in [1.807, 2.05) is 43.4 Å². The maximum atomic E-state index is 11.2. The van der Waals surface area contributed by atoms with Crippen LogP contribution in [0, 0.1) is 11.8 Å². The Labute approximate surface area is 242 Å². The van der Waals surface area contributed by atoms with Gasteiger partial charge in [-0.3, -0.25) is 4.79 Å². The van der Waals surface area contributed by atoms with Gasteiger partial charge in [-0.15, -0.1) is 0 Å². The third-order valence-electron chi connectivity index (χ3n) is 8.44. The van der Waals surface area contributed by atoms with Crippen LogP contribution in [0.3, 0.4) is 0 Å². The SMILES string of the molecule is CO.Cn1c(N2C[C@H]3CC(OCc4c(-c5c(Cl)cccc5Cl)noc4C4CC4)C[C@H]3C2)nc2ccc(C=O)cc21. The van der Waals surface area contributed by atoms with Crippen LogP contribution in [-0.2, 0) is 18.4 Å². The third kappa shape index (κ3) is 4.91. The lowest BCUT2D eigenvalue weighted by Gasteiger charge is -2.20. The average Bonchev–Trinajstić information content (AvgIpc) is 3.26. The Morgan fingerprint density at radius 2 is 1.80 bits per heavy atom. The molecule has 8 nitrogen and oxygen atoms in total. The Morgan fingerprint density at radius 1 is 1.10 bits per heavy atom. The molecule has 3 aliphatic rings. The van der Waals surface area contributed by atoms with E-state index in [2.05, 4.69) is 14.6 Å². The summed E-state index contributed by atoms with van der Waals surface area (Å²) in [4.78, 5) is 18.5. The minimum Gasteiger partial charge on any atom is -0.400 e. The summed E-state index contributed by atoms with van der Waals surface area (Å²) in [5.41, 5.74) is 4.97. The number of nitrogens with zero attached hydrogens (tertiary/aromatic N) is 4. The molecule has 7 rings (SSSR count). The molecule has 40 heavy (non-hydrogen) atoms. The second-order valence-electron chi connectivity index (χ2n) is 10.9. The zero-order valence-corrected chi connectivity index (χ0v) is 24.0. The van der Waals surface area contributed by atoms with Gasteiger partial charge in [-0.05, 0) is 67.9 Å². The van der Waals surface area contributed by atoms with Crippen LogP contribution < -0.4 is 4.90 Å². The molecule has 1 aliphatic heterocycles. The molecule has 0 spiro atoms. The Balaban J connectivity index is 0.00000142. The molecule has 2 saturated carbocycles. The van der Waals surface area contributed by atoms with Crippen molar-refractivity contribution in [2.24, 2.45) is 18.9 Å². The fourth-order valence-corrected chi connectivity index (χ4v) is 6.92. The van der Waals surface area contributed by atoms with Crippen LogP contribution >= 0.6 is 23.2 Å². The van der Waals surface area contributed by atoms with Crippen LogP contribution in [0.5, 0.6) is 0 Å². The van der Waals surface area contributed by atoms with Gasteiger partial charge >= 0.3 is 0 Å². The number of halogens is 2. The number of imidazole rings is 1. The lowest BCUT2D eigenvalue weighted by molar-refractivity contribution is 0.0402. The first-order valence-corrected chi connectivity index (χ1v) is 14.4. The molecule has 4 aromatic rings. The summed E-state index contributed by atoms with van der Waals surface area (Å²) in [5, 5.41) is 12.5. The molecule has 2 aromatic carbocycles. The Bertz CT molecular complexity index is 1510. The van der Waals surface area contributed by atoms with E-state index in [0.29, 0.717) is 51.2 Å². The van der Waals surface area contributed by atoms with E-state index in [4.69, 9.17) is 42.6 Å². The van der Waals surface area contributed by atoms with Gasteiger partial charge < -0.3 is 23.8 Å². The summed E-state index contributed by atoms with van der Waals surface area (Å²) in [5.74, 6) is 3.42. The average molecular weight is 584 g/mol. The highest BCUT2D eigenvalue weighted by Gasteiger charge is 2.43. The summed E-state index contributed by atoms with van der Waals surface area (Å²) in [6.45, 7) is 2.37. The van der Waals surface area contributed by atoms with E-state index in [0.717, 1.165) is 80.5 Å². The number of aliphatic hydroxyl groups is 1. The molecule has 0 bridgehead atoms. The number of aldehydes is 1. The standard InChI is InChI=1S/C29H28Cl2N4O3.CH4O/c1-34-25-9-16(14-36)5-8-24(25)32-29(34)35-12-18-10-20(11-19(18)13-35)37-15-21-27(33-38-28(21)17-6-7-17)26-22(30)3-2-4-23(26)31;1-2/h2-5,8-9,14,17-20H,6-7,10-13,15H2,1H3;2H,1H3/t18-,19+,20?;. The Morgan fingerprint density at radius 3 is 2.45 bits per heavy atom. The zero-order valence-electron chi connectivity index (χ0n) is 22.5. The lowest BCUT2D eigenvalue weighted by atomic mass is 10.0. The van der Waals surface area contributed by atoms with Crippen molar-refractivity contribution in [1.29, 1.82) is 0 Å². The van der Waals surface area contributed by atoms with E-state index in [1.54, 1.807) is 0 Å². The molecule has 0 radical (unpaired) electrons. The van der Waals surface area contributed by atoms with Gasteiger partial charge in [0.2, 0.25) is 5.95 Å². The van der Waals surface area contributed by atoms with Crippen LogP contribution in [0.2, 0.25) is 10.0 Å². The van der Waals surface area contributed by atoms with E-state index >= 15 is 0 Å². The first-order valence-electron chi connectivity index (χ1n) is 13.7. The number of aryl methyl sites for hydroxylation is 1. The number of carbonyl (C=O) groups is 1. The molecule has 3 heterocycles. The quantitative estimate of drug-likeness (QED) is 0.257. The molecule has 3 fully saturated rings. The summed E-state index contributed by atoms with van der Waals surface area (Å²) in [6.07, 6.45) is 5.34. The molecule has 1 saturated heterocycles. The molecule has 1 N–H and O–H groups in total. The first kappa shape index (κ1) is 27.3. The number of ether oxygens (including phenoxy) is 1. The molecule has 210 valence electrons. The third-order valence-corrected chi connectivity index (χ3v) is 9.07. The number of carbonyl (C=O) groups excluding carboxylic acids is 1. The van der Waals surface area contributed by atoms with Gasteiger partial charge in [-0.2, -0.15) is 0 Å². The fraction of sp³-hybridized carbons (Fsp3) is 0.433. The van der Waals surface area contributed by atoms with Crippen molar-refractivity contribution in [1.82, 2.24) is 14.7 Å². The lowest BCUT2D eigenvalue weighted by Crippen LogP contribution is -2.25. The number of anilines is 1. The largest absolute Gasteiger partial charge is 0.400 e. The van der Waals surface area contributed by atoms with E-state index in [-0.39, 0.29) is 6.10 Å². The highest BCUT2D eigenvalue weighted by molar-refractivity contribution is 6.39. The second-order valence-corrected chi connectivity index (χ2v) is 11.7. The van der Waals surface area contributed by atoms with Gasteiger partial charge in [-0.25, -0.2) is 4.98 Å². The predicted molar refractivity (Wildman–Crippen MR) is 155 cm³/mol. The van der Waals surface area contributed by atoms with Crippen molar-refractivity contribution in [2.45, 2.75) is 44.3 Å². The van der Waals surface area contributed by atoms with E-state index < -0.39 is 0 Å². The van der Waals surface area contributed by atoms with Crippen molar-refractivity contribution >= 4 is 46.5 Å². The highest BCUT2D eigenvalue weighted by Crippen LogP contribution is 2.47. The minimum atomic E-state index is 0.194. The molecule has 0 amide bonds. The van der Waals surface area contributed by atoms with Crippen LogP contribution in [0.1, 0.15) is 53.3 Å². The van der Waals surface area contributed by atoms with Gasteiger partial charge in [0, 0.05) is 49.9 Å². The number of hydrogen-bond donors (Lipinski definition) is 1. The molecule has 3 atom stereocenters. The van der Waals surface area contributed by atoms with Crippen molar-refractivity contribution in [3.8, 4) is 11.3 Å². The topological polar surface area (TPSA) is 93.6 Å². The van der Waals surface area contributed by atoms with Crippen molar-refractivity contribution in [3.63, 3.8) is 0 Å². The molecular formula is C30H32Cl2N4O4. The van der Waals surface area contributed by atoms with Gasteiger partial charge in [0.15, 0.2) is 0 Å². The molecule has 2 aromatic heterocycles. The number of rotatable bonds is 7. The van der Waals surface area contributed by atoms with E-state index in [1.165, 1.54) is 0 Å². The number of aliphatic hydroxyl groups excluding tert-OH is 1. The summed E-state index contributed by atoms with van der Waals surface area (Å²) >= 11 is 13.0. The minimum absolute atomic E-state index is 0.194. The van der Waals surface area contributed by atoms with Crippen molar-refractivity contribution in [2.75, 3.05) is 25.1 Å². The normalized spacial score (nSPS) is 21.9. The first-order chi connectivity index (χ1) is 19.5. The van der Waals surface area contributed by atoms with Crippen LogP contribution in [-0.4, -0.2) is 52.4 Å². The van der Waals surface area contributed by atoms with Crippen LogP contribution in [0.4, 0.5) is 5.95 Å². The Hall–Kier alpha value is -2.91. The number of fused-ring (bicyclic) bond motifs is 2. The van der Waals surface area contributed by atoms with Gasteiger partial charge in [-0.1, -0.05) is 34.4 Å².